The number of hydrogen-bond donors (Lipinski definition) is 1. The maximum atomic E-state index is 12.1. The van der Waals surface area contributed by atoms with E-state index >= 15 is 0 Å². The van der Waals surface area contributed by atoms with Crippen LogP contribution in [0.15, 0.2) is 0 Å². The molecule has 0 radical (unpaired) electrons. The van der Waals surface area contributed by atoms with Crippen LogP contribution in [0.4, 0.5) is 0 Å². The third-order valence-corrected chi connectivity index (χ3v) is 4.25. The van der Waals surface area contributed by atoms with Crippen molar-refractivity contribution in [2.75, 3.05) is 40.5 Å². The summed E-state index contributed by atoms with van der Waals surface area (Å²) in [4.78, 5) is 14.6. The van der Waals surface area contributed by atoms with E-state index in [0.29, 0.717) is 19.2 Å². The van der Waals surface area contributed by atoms with Gasteiger partial charge in [-0.15, -0.1) is 0 Å². The number of carbonyl (C=O) groups excluding carboxylic acids is 1. The average Bonchev–Trinajstić information content (AvgIpc) is 2.85. The van der Waals surface area contributed by atoms with Crippen molar-refractivity contribution in [2.45, 2.75) is 37.3 Å². The molecule has 0 aliphatic carbocycles. The van der Waals surface area contributed by atoms with Gasteiger partial charge in [-0.2, -0.15) is 0 Å². The lowest BCUT2D eigenvalue weighted by molar-refractivity contribution is -0.151. The Bertz CT molecular complexity index is 298. The number of rotatable bonds is 5. The Hall–Kier alpha value is -0.650. The normalized spacial score (nSPS) is 32.2. The molecular weight excluding hydrogens is 232 g/mol. The van der Waals surface area contributed by atoms with Crippen molar-refractivity contribution < 1.29 is 14.3 Å². The molecule has 0 saturated carbocycles. The summed E-state index contributed by atoms with van der Waals surface area (Å²) in [5.41, 5.74) is -0.501. The second-order valence-electron chi connectivity index (χ2n) is 5.28. The summed E-state index contributed by atoms with van der Waals surface area (Å²) in [6.07, 6.45) is 4.15. The minimum absolute atomic E-state index is 0.120. The van der Waals surface area contributed by atoms with Crippen molar-refractivity contribution in [1.82, 2.24) is 10.2 Å². The highest BCUT2D eigenvalue weighted by Gasteiger charge is 2.46. The van der Waals surface area contributed by atoms with Gasteiger partial charge in [0.15, 0.2) is 0 Å². The molecule has 104 valence electrons. The van der Waals surface area contributed by atoms with Crippen molar-refractivity contribution in [3.05, 3.63) is 0 Å². The van der Waals surface area contributed by atoms with E-state index in [0.717, 1.165) is 19.4 Å². The second kappa shape index (κ2) is 5.99. The smallest absolute Gasteiger partial charge is 0.326 e. The number of nitrogens with zero attached hydrogens (tertiary/aromatic N) is 1. The quantitative estimate of drug-likeness (QED) is 0.570. The summed E-state index contributed by atoms with van der Waals surface area (Å²) >= 11 is 0. The minimum Gasteiger partial charge on any atom is -0.468 e. The third kappa shape index (κ3) is 2.68. The number of esters is 1. The van der Waals surface area contributed by atoms with Gasteiger partial charge in [0.05, 0.1) is 13.7 Å². The van der Waals surface area contributed by atoms with E-state index in [1.807, 2.05) is 0 Å². The lowest BCUT2D eigenvalue weighted by atomic mass is 9.83. The molecule has 2 heterocycles. The summed E-state index contributed by atoms with van der Waals surface area (Å²) < 4.78 is 10.1. The van der Waals surface area contributed by atoms with Gasteiger partial charge in [-0.1, -0.05) is 0 Å². The molecule has 0 aromatic carbocycles. The number of nitrogens with one attached hydrogen (secondary N) is 1. The summed E-state index contributed by atoms with van der Waals surface area (Å²) in [6.45, 7) is 3.48. The van der Waals surface area contributed by atoms with Gasteiger partial charge >= 0.3 is 5.97 Å². The number of hydrogen-bond acceptors (Lipinski definition) is 5. The lowest BCUT2D eigenvalue weighted by Crippen LogP contribution is -2.61. The molecule has 2 atom stereocenters. The zero-order chi connectivity index (χ0) is 13.0. The van der Waals surface area contributed by atoms with Crippen LogP contribution in [0.2, 0.25) is 0 Å². The summed E-state index contributed by atoms with van der Waals surface area (Å²) in [6, 6.07) is 0.535. The highest BCUT2D eigenvalue weighted by molar-refractivity contribution is 5.81. The fourth-order valence-corrected chi connectivity index (χ4v) is 3.27. The zero-order valence-corrected chi connectivity index (χ0v) is 11.4. The molecule has 0 spiro atoms. The molecule has 0 bridgehead atoms. The number of methoxy groups -OCH3 is 2. The predicted molar refractivity (Wildman–Crippen MR) is 68.5 cm³/mol. The van der Waals surface area contributed by atoms with Crippen molar-refractivity contribution in [3.63, 3.8) is 0 Å². The molecule has 0 amide bonds. The summed E-state index contributed by atoms with van der Waals surface area (Å²) in [5.74, 6) is -0.120. The molecule has 2 aliphatic rings. The third-order valence-electron chi connectivity index (χ3n) is 4.25. The molecule has 2 aliphatic heterocycles. The zero-order valence-electron chi connectivity index (χ0n) is 11.4. The Balaban J connectivity index is 2.02. The van der Waals surface area contributed by atoms with Crippen LogP contribution in [-0.2, 0) is 14.3 Å². The SMILES string of the molecule is COCCNC1(C(=O)OC)CCN2CCCC2C1. The molecule has 2 rings (SSSR count). The van der Waals surface area contributed by atoms with Crippen LogP contribution in [0, 0.1) is 0 Å². The van der Waals surface area contributed by atoms with Gasteiger partial charge in [0.25, 0.3) is 0 Å². The first-order valence-electron chi connectivity index (χ1n) is 6.78. The van der Waals surface area contributed by atoms with Crippen LogP contribution in [-0.4, -0.2) is 62.9 Å². The largest absolute Gasteiger partial charge is 0.468 e. The Morgan fingerprint density at radius 1 is 1.44 bits per heavy atom. The van der Waals surface area contributed by atoms with Gasteiger partial charge in [-0.3, -0.25) is 10.1 Å². The Morgan fingerprint density at radius 3 is 3.00 bits per heavy atom. The first-order chi connectivity index (χ1) is 8.72. The Morgan fingerprint density at radius 2 is 2.28 bits per heavy atom. The molecule has 0 aromatic heterocycles. The topological polar surface area (TPSA) is 50.8 Å². The molecule has 5 heteroatoms. The van der Waals surface area contributed by atoms with Crippen LogP contribution >= 0.6 is 0 Å². The van der Waals surface area contributed by atoms with E-state index in [1.165, 1.54) is 26.5 Å². The summed E-state index contributed by atoms with van der Waals surface area (Å²) in [5, 5.41) is 3.37. The van der Waals surface area contributed by atoms with Crippen LogP contribution in [0.3, 0.4) is 0 Å². The van der Waals surface area contributed by atoms with Crippen LogP contribution < -0.4 is 5.32 Å². The first kappa shape index (κ1) is 13.8. The van der Waals surface area contributed by atoms with Crippen LogP contribution in [0.1, 0.15) is 25.7 Å². The van der Waals surface area contributed by atoms with Gasteiger partial charge in [-0.05, 0) is 32.2 Å². The second-order valence-corrected chi connectivity index (χ2v) is 5.28. The molecule has 1 N–H and O–H groups in total. The number of ether oxygens (including phenoxy) is 2. The van der Waals surface area contributed by atoms with Gasteiger partial charge in [-0.25, -0.2) is 0 Å². The Labute approximate surface area is 109 Å². The molecule has 2 fully saturated rings. The van der Waals surface area contributed by atoms with Crippen molar-refractivity contribution in [3.8, 4) is 0 Å². The molecule has 5 nitrogen and oxygen atoms in total. The van der Waals surface area contributed by atoms with Crippen molar-refractivity contribution in [1.29, 1.82) is 0 Å². The van der Waals surface area contributed by atoms with Crippen molar-refractivity contribution >= 4 is 5.97 Å². The van der Waals surface area contributed by atoms with Gasteiger partial charge < -0.3 is 14.4 Å². The van der Waals surface area contributed by atoms with E-state index in [1.54, 1.807) is 7.11 Å². The number of piperidine rings is 1. The van der Waals surface area contributed by atoms with Gasteiger partial charge in [0, 0.05) is 26.2 Å². The van der Waals surface area contributed by atoms with Crippen molar-refractivity contribution in [2.24, 2.45) is 0 Å². The molecule has 2 unspecified atom stereocenters. The van der Waals surface area contributed by atoms with E-state index < -0.39 is 5.54 Å². The standard InChI is InChI=1S/C13H24N2O3/c1-17-9-6-14-13(12(16)18-2)5-8-15-7-3-4-11(15)10-13/h11,14H,3-10H2,1-2H3. The average molecular weight is 256 g/mol. The first-order valence-corrected chi connectivity index (χ1v) is 6.78. The van der Waals surface area contributed by atoms with E-state index in [2.05, 4.69) is 10.2 Å². The van der Waals surface area contributed by atoms with Crippen LogP contribution in [0.5, 0.6) is 0 Å². The predicted octanol–water partition coefficient (Wildman–Crippen LogP) is 0.392. The van der Waals surface area contributed by atoms with E-state index in [-0.39, 0.29) is 5.97 Å². The maximum Gasteiger partial charge on any atom is 0.326 e. The van der Waals surface area contributed by atoms with E-state index in [4.69, 9.17) is 9.47 Å². The molecule has 18 heavy (non-hydrogen) atoms. The fourth-order valence-electron chi connectivity index (χ4n) is 3.27. The summed E-state index contributed by atoms with van der Waals surface area (Å²) in [7, 11) is 3.15. The van der Waals surface area contributed by atoms with E-state index in [9.17, 15) is 4.79 Å². The molecular formula is C13H24N2O3. The highest BCUT2D eigenvalue weighted by Crippen LogP contribution is 2.33. The Kier molecular flexibility index (Phi) is 4.59. The molecule has 0 aromatic rings. The highest BCUT2D eigenvalue weighted by atomic mass is 16.5. The monoisotopic (exact) mass is 256 g/mol. The fraction of sp³-hybridized carbons (Fsp3) is 0.923. The number of fused-ring (bicyclic) bond motifs is 1. The number of carbonyl (C=O) groups is 1. The lowest BCUT2D eigenvalue weighted by Gasteiger charge is -2.42. The van der Waals surface area contributed by atoms with Gasteiger partial charge in [0.1, 0.15) is 5.54 Å². The van der Waals surface area contributed by atoms with Crippen LogP contribution in [0.25, 0.3) is 0 Å². The minimum atomic E-state index is -0.501. The van der Waals surface area contributed by atoms with Gasteiger partial charge in [0.2, 0.25) is 0 Å². The maximum absolute atomic E-state index is 12.1. The molecule has 2 saturated heterocycles.